The van der Waals surface area contributed by atoms with Crippen LogP contribution in [0.3, 0.4) is 0 Å². The van der Waals surface area contributed by atoms with Gasteiger partial charge >= 0.3 is 0 Å². The third kappa shape index (κ3) is 1.25. The highest BCUT2D eigenvalue weighted by Gasteiger charge is 2.17. The Bertz CT molecular complexity index is 277. The van der Waals surface area contributed by atoms with E-state index in [9.17, 15) is 0 Å². The molecular formula is C9H15N3. The van der Waals surface area contributed by atoms with Crippen LogP contribution in [0.2, 0.25) is 0 Å². The van der Waals surface area contributed by atoms with E-state index in [1.165, 1.54) is 11.3 Å². The van der Waals surface area contributed by atoms with Crippen LogP contribution in [0, 0.1) is 0 Å². The first kappa shape index (κ1) is 7.80. The molecule has 0 spiro atoms. The molecular weight excluding hydrogens is 150 g/mol. The quantitative estimate of drug-likeness (QED) is 0.666. The minimum absolute atomic E-state index is 0.354. The zero-order valence-electron chi connectivity index (χ0n) is 7.45. The predicted octanol–water partition coefficient (Wildman–Crippen LogP) is 0.719. The third-order valence-corrected chi connectivity index (χ3v) is 2.48. The lowest BCUT2D eigenvalue weighted by molar-refractivity contribution is 0.566. The van der Waals surface area contributed by atoms with Crippen molar-refractivity contribution < 1.29 is 0 Å². The molecule has 1 heterocycles. The first-order chi connectivity index (χ1) is 5.79. The van der Waals surface area contributed by atoms with Gasteiger partial charge in [0.15, 0.2) is 0 Å². The van der Waals surface area contributed by atoms with Gasteiger partial charge in [0.05, 0.1) is 5.69 Å². The molecule has 1 atom stereocenters. The number of hydrogen-bond donors (Lipinski definition) is 1. The highest BCUT2D eigenvalue weighted by Crippen LogP contribution is 2.18. The molecule has 0 saturated heterocycles. The number of aromatic nitrogens is 2. The fourth-order valence-corrected chi connectivity index (χ4v) is 1.75. The van der Waals surface area contributed by atoms with Crippen molar-refractivity contribution in [3.05, 3.63) is 17.5 Å². The molecule has 2 rings (SSSR count). The summed E-state index contributed by atoms with van der Waals surface area (Å²) in [4.78, 5) is 0. The summed E-state index contributed by atoms with van der Waals surface area (Å²) in [7, 11) is 0. The normalized spacial score (nSPS) is 22.3. The molecule has 0 fully saturated rings. The molecule has 1 aliphatic carbocycles. The topological polar surface area (TPSA) is 43.8 Å². The van der Waals surface area contributed by atoms with Crippen molar-refractivity contribution in [2.75, 3.05) is 0 Å². The van der Waals surface area contributed by atoms with Gasteiger partial charge in [-0.3, -0.25) is 4.68 Å². The fraction of sp³-hybridized carbons (Fsp3) is 0.667. The lowest BCUT2D eigenvalue weighted by atomic mass is 9.94. The Balaban J connectivity index is 2.28. The molecule has 1 aromatic heterocycles. The van der Waals surface area contributed by atoms with E-state index in [0.717, 1.165) is 25.8 Å². The maximum Gasteiger partial charge on any atom is 0.0657 e. The van der Waals surface area contributed by atoms with E-state index in [0.29, 0.717) is 6.04 Å². The van der Waals surface area contributed by atoms with Gasteiger partial charge in [-0.25, -0.2) is 0 Å². The van der Waals surface area contributed by atoms with Gasteiger partial charge in [0.1, 0.15) is 0 Å². The summed E-state index contributed by atoms with van der Waals surface area (Å²) in [6.45, 7) is 3.07. The number of fused-ring (bicyclic) bond motifs is 1. The van der Waals surface area contributed by atoms with Gasteiger partial charge in [0, 0.05) is 18.8 Å². The zero-order valence-corrected chi connectivity index (χ0v) is 7.45. The molecule has 0 saturated carbocycles. The van der Waals surface area contributed by atoms with Gasteiger partial charge in [0.25, 0.3) is 0 Å². The van der Waals surface area contributed by atoms with E-state index in [1.54, 1.807) is 0 Å². The molecule has 3 heteroatoms. The SMILES string of the molecule is CCn1cc2c(n1)CCC(N)C2. The molecule has 0 amide bonds. The lowest BCUT2D eigenvalue weighted by Gasteiger charge is -2.15. The third-order valence-electron chi connectivity index (χ3n) is 2.48. The minimum Gasteiger partial charge on any atom is -0.327 e. The summed E-state index contributed by atoms with van der Waals surface area (Å²) in [5.41, 5.74) is 8.48. The first-order valence-electron chi connectivity index (χ1n) is 4.60. The number of nitrogens with two attached hydrogens (primary N) is 1. The van der Waals surface area contributed by atoms with Crippen molar-refractivity contribution in [1.82, 2.24) is 9.78 Å². The molecule has 3 nitrogen and oxygen atoms in total. The molecule has 1 aromatic rings. The predicted molar refractivity (Wildman–Crippen MR) is 47.9 cm³/mol. The van der Waals surface area contributed by atoms with Crippen molar-refractivity contribution in [3.63, 3.8) is 0 Å². The second-order valence-corrected chi connectivity index (χ2v) is 3.46. The fourth-order valence-electron chi connectivity index (χ4n) is 1.75. The van der Waals surface area contributed by atoms with Gasteiger partial charge in [-0.15, -0.1) is 0 Å². The summed E-state index contributed by atoms with van der Waals surface area (Å²) in [5, 5.41) is 4.46. The first-order valence-corrected chi connectivity index (χ1v) is 4.60. The smallest absolute Gasteiger partial charge is 0.0657 e. The molecule has 0 aliphatic heterocycles. The summed E-state index contributed by atoms with van der Waals surface area (Å²) >= 11 is 0. The average molecular weight is 165 g/mol. The number of aryl methyl sites for hydroxylation is 2. The highest BCUT2D eigenvalue weighted by atomic mass is 15.3. The summed E-state index contributed by atoms with van der Waals surface area (Å²) in [6, 6.07) is 0.354. The molecule has 12 heavy (non-hydrogen) atoms. The van der Waals surface area contributed by atoms with Crippen LogP contribution in [0.5, 0.6) is 0 Å². The average Bonchev–Trinajstić information content (AvgIpc) is 2.46. The minimum atomic E-state index is 0.354. The van der Waals surface area contributed by atoms with Gasteiger partial charge in [-0.1, -0.05) is 0 Å². The molecule has 1 aliphatic rings. The van der Waals surface area contributed by atoms with Gasteiger partial charge in [-0.05, 0) is 31.7 Å². The van der Waals surface area contributed by atoms with E-state index >= 15 is 0 Å². The van der Waals surface area contributed by atoms with Crippen LogP contribution < -0.4 is 5.73 Å². The number of rotatable bonds is 1. The van der Waals surface area contributed by atoms with Gasteiger partial charge < -0.3 is 5.73 Å². The second kappa shape index (κ2) is 2.90. The lowest BCUT2D eigenvalue weighted by Crippen LogP contribution is -2.27. The molecule has 0 bridgehead atoms. The van der Waals surface area contributed by atoms with Crippen LogP contribution in [0.4, 0.5) is 0 Å². The molecule has 0 aromatic carbocycles. The standard InChI is InChI=1S/C9H15N3/c1-2-12-6-7-5-8(10)3-4-9(7)11-12/h6,8H,2-5,10H2,1H3. The monoisotopic (exact) mass is 165 g/mol. The van der Waals surface area contributed by atoms with Crippen molar-refractivity contribution in [3.8, 4) is 0 Å². The Hall–Kier alpha value is -0.830. The summed E-state index contributed by atoms with van der Waals surface area (Å²) in [6.07, 6.45) is 5.29. The Morgan fingerprint density at radius 2 is 2.58 bits per heavy atom. The van der Waals surface area contributed by atoms with Crippen LogP contribution >= 0.6 is 0 Å². The zero-order chi connectivity index (χ0) is 8.55. The van der Waals surface area contributed by atoms with Crippen LogP contribution in [-0.4, -0.2) is 15.8 Å². The van der Waals surface area contributed by atoms with E-state index in [1.807, 2.05) is 4.68 Å². The van der Waals surface area contributed by atoms with Crippen LogP contribution in [0.25, 0.3) is 0 Å². The summed E-state index contributed by atoms with van der Waals surface area (Å²) < 4.78 is 2.00. The maximum atomic E-state index is 5.86. The Labute approximate surface area is 72.6 Å². The molecule has 0 radical (unpaired) electrons. The maximum absolute atomic E-state index is 5.86. The molecule has 1 unspecified atom stereocenters. The van der Waals surface area contributed by atoms with Crippen molar-refractivity contribution in [1.29, 1.82) is 0 Å². The largest absolute Gasteiger partial charge is 0.327 e. The van der Waals surface area contributed by atoms with E-state index in [-0.39, 0.29) is 0 Å². The molecule has 66 valence electrons. The number of hydrogen-bond acceptors (Lipinski definition) is 2. The van der Waals surface area contributed by atoms with Crippen LogP contribution in [-0.2, 0) is 19.4 Å². The van der Waals surface area contributed by atoms with E-state index < -0.39 is 0 Å². The Kier molecular flexibility index (Phi) is 1.89. The van der Waals surface area contributed by atoms with Crippen molar-refractivity contribution in [2.24, 2.45) is 5.73 Å². The summed E-state index contributed by atoms with van der Waals surface area (Å²) in [5.74, 6) is 0. The Morgan fingerprint density at radius 1 is 1.75 bits per heavy atom. The highest BCUT2D eigenvalue weighted by molar-refractivity contribution is 5.21. The molecule has 2 N–H and O–H groups in total. The van der Waals surface area contributed by atoms with E-state index in [2.05, 4.69) is 18.2 Å². The van der Waals surface area contributed by atoms with Crippen molar-refractivity contribution in [2.45, 2.75) is 38.8 Å². The van der Waals surface area contributed by atoms with E-state index in [4.69, 9.17) is 5.73 Å². The number of nitrogens with zero attached hydrogens (tertiary/aromatic N) is 2. The van der Waals surface area contributed by atoms with Crippen LogP contribution in [0.1, 0.15) is 24.6 Å². The van der Waals surface area contributed by atoms with Crippen LogP contribution in [0.15, 0.2) is 6.20 Å². The Morgan fingerprint density at radius 3 is 3.33 bits per heavy atom. The van der Waals surface area contributed by atoms with Gasteiger partial charge in [0.2, 0.25) is 0 Å². The second-order valence-electron chi connectivity index (χ2n) is 3.46. The van der Waals surface area contributed by atoms with Crippen molar-refractivity contribution >= 4 is 0 Å². The van der Waals surface area contributed by atoms with Gasteiger partial charge in [-0.2, -0.15) is 5.10 Å².